The Morgan fingerprint density at radius 3 is 2.46 bits per heavy atom. The van der Waals surface area contributed by atoms with E-state index < -0.39 is 11.5 Å². The molecule has 1 aliphatic heterocycles. The monoisotopic (exact) mass is 385 g/mol. The maximum Gasteiger partial charge on any atom is 0.274 e. The Bertz CT molecular complexity index is 914. The number of benzene rings is 1. The number of pyridine rings is 1. The van der Waals surface area contributed by atoms with Gasteiger partial charge in [0.1, 0.15) is 11.4 Å². The molecule has 28 heavy (non-hydrogen) atoms. The molecule has 1 aromatic carbocycles. The fourth-order valence-corrected chi connectivity index (χ4v) is 2.93. The lowest BCUT2D eigenvalue weighted by molar-refractivity contribution is 0.0302. The number of hydrogen-bond acceptors (Lipinski definition) is 5. The van der Waals surface area contributed by atoms with Crippen LogP contribution in [0.3, 0.4) is 0 Å². The number of nitrogens with zero attached hydrogens (tertiary/aromatic N) is 2. The summed E-state index contributed by atoms with van der Waals surface area (Å²) in [5.74, 6) is 0.0275. The topological polar surface area (TPSA) is 89.9 Å². The van der Waals surface area contributed by atoms with Crippen LogP contribution in [-0.2, 0) is 11.8 Å². The number of carbonyl (C=O) groups excluding carboxylic acids is 2. The summed E-state index contributed by atoms with van der Waals surface area (Å²) < 4.78 is 11.9. The van der Waals surface area contributed by atoms with E-state index in [-0.39, 0.29) is 11.6 Å². The van der Waals surface area contributed by atoms with E-state index in [4.69, 9.17) is 9.47 Å². The molecule has 2 heterocycles. The zero-order valence-electron chi connectivity index (χ0n) is 15.9. The molecule has 0 atom stereocenters. The number of anilines is 1. The summed E-state index contributed by atoms with van der Waals surface area (Å²) in [6.07, 6.45) is 1.48. The van der Waals surface area contributed by atoms with Gasteiger partial charge in [-0.2, -0.15) is 0 Å². The van der Waals surface area contributed by atoms with Gasteiger partial charge in [-0.05, 0) is 37.3 Å². The first kappa shape index (κ1) is 19.6. The summed E-state index contributed by atoms with van der Waals surface area (Å²) in [7, 11) is 1.55. The highest BCUT2D eigenvalue weighted by Crippen LogP contribution is 2.15. The number of ether oxygens (including phenoxy) is 2. The number of amides is 2. The first-order valence-corrected chi connectivity index (χ1v) is 9.11. The minimum absolute atomic E-state index is 0.0560. The quantitative estimate of drug-likeness (QED) is 0.843. The van der Waals surface area contributed by atoms with Gasteiger partial charge in [-0.25, -0.2) is 0 Å². The van der Waals surface area contributed by atoms with Crippen LogP contribution in [0.5, 0.6) is 5.75 Å². The summed E-state index contributed by atoms with van der Waals surface area (Å²) in [5.41, 5.74) is 0.389. The molecule has 0 saturated carbocycles. The number of rotatable bonds is 5. The fourth-order valence-electron chi connectivity index (χ4n) is 2.93. The van der Waals surface area contributed by atoms with Crippen LogP contribution in [0.1, 0.15) is 27.6 Å². The first-order valence-electron chi connectivity index (χ1n) is 9.11. The van der Waals surface area contributed by atoms with E-state index in [1.807, 2.05) is 6.92 Å². The second kappa shape index (κ2) is 8.71. The van der Waals surface area contributed by atoms with E-state index in [9.17, 15) is 14.4 Å². The molecule has 2 amide bonds. The highest BCUT2D eigenvalue weighted by Gasteiger charge is 2.21. The zero-order chi connectivity index (χ0) is 20.1. The Hall–Kier alpha value is -3.13. The van der Waals surface area contributed by atoms with Gasteiger partial charge in [0.15, 0.2) is 0 Å². The van der Waals surface area contributed by atoms with Crippen LogP contribution in [0.25, 0.3) is 0 Å². The molecule has 1 aromatic heterocycles. The minimum Gasteiger partial charge on any atom is -0.494 e. The van der Waals surface area contributed by atoms with Crippen molar-refractivity contribution in [3.05, 3.63) is 58.0 Å². The van der Waals surface area contributed by atoms with Crippen molar-refractivity contribution >= 4 is 17.5 Å². The molecule has 1 N–H and O–H groups in total. The molecule has 0 spiro atoms. The van der Waals surface area contributed by atoms with Crippen molar-refractivity contribution < 1.29 is 19.1 Å². The van der Waals surface area contributed by atoms with Crippen LogP contribution in [0, 0.1) is 0 Å². The van der Waals surface area contributed by atoms with Crippen LogP contribution < -0.4 is 15.6 Å². The van der Waals surface area contributed by atoms with Crippen LogP contribution in [0.4, 0.5) is 5.69 Å². The van der Waals surface area contributed by atoms with Gasteiger partial charge in [0.2, 0.25) is 0 Å². The molecule has 0 radical (unpaired) electrons. The number of hydrogen-bond donors (Lipinski definition) is 1. The average molecular weight is 385 g/mol. The lowest BCUT2D eigenvalue weighted by atomic mass is 10.2. The molecule has 8 nitrogen and oxygen atoms in total. The van der Waals surface area contributed by atoms with Gasteiger partial charge in [-0.3, -0.25) is 14.4 Å². The molecule has 0 bridgehead atoms. The van der Waals surface area contributed by atoms with Crippen LogP contribution in [0.15, 0.2) is 41.3 Å². The second-order valence-electron chi connectivity index (χ2n) is 6.37. The molecular weight excluding hydrogens is 362 g/mol. The van der Waals surface area contributed by atoms with Crippen molar-refractivity contribution in [3.63, 3.8) is 0 Å². The second-order valence-corrected chi connectivity index (χ2v) is 6.37. The molecule has 148 valence electrons. The van der Waals surface area contributed by atoms with Crippen molar-refractivity contribution in [3.8, 4) is 5.75 Å². The highest BCUT2D eigenvalue weighted by molar-refractivity contribution is 6.05. The van der Waals surface area contributed by atoms with Crippen LogP contribution >= 0.6 is 0 Å². The first-order chi connectivity index (χ1) is 13.5. The van der Waals surface area contributed by atoms with Gasteiger partial charge in [0.05, 0.1) is 25.4 Å². The van der Waals surface area contributed by atoms with Crippen molar-refractivity contribution in [1.82, 2.24) is 9.47 Å². The van der Waals surface area contributed by atoms with Crippen molar-refractivity contribution in [2.75, 3.05) is 38.2 Å². The number of aromatic nitrogens is 1. The standard InChI is InChI=1S/C20H23N3O5/c1-3-28-16-6-4-14(5-7-16)18(24)21-17-12-15(13-22(2)20(17)26)19(25)23-8-10-27-11-9-23/h4-7,12-13H,3,8-11H2,1-2H3,(H,21,24). The Kier molecular flexibility index (Phi) is 6.10. The smallest absolute Gasteiger partial charge is 0.274 e. The summed E-state index contributed by atoms with van der Waals surface area (Å²) >= 11 is 0. The Balaban J connectivity index is 1.81. The summed E-state index contributed by atoms with van der Waals surface area (Å²) in [6, 6.07) is 8.04. The summed E-state index contributed by atoms with van der Waals surface area (Å²) in [6.45, 7) is 4.37. The molecule has 1 saturated heterocycles. The van der Waals surface area contributed by atoms with Crippen molar-refractivity contribution in [1.29, 1.82) is 0 Å². The van der Waals surface area contributed by atoms with E-state index in [0.29, 0.717) is 49.8 Å². The molecular formula is C20H23N3O5. The molecule has 2 aromatic rings. The van der Waals surface area contributed by atoms with E-state index >= 15 is 0 Å². The van der Waals surface area contributed by atoms with Gasteiger partial charge in [-0.1, -0.05) is 0 Å². The maximum absolute atomic E-state index is 12.7. The highest BCUT2D eigenvalue weighted by atomic mass is 16.5. The Morgan fingerprint density at radius 1 is 1.14 bits per heavy atom. The third kappa shape index (κ3) is 4.40. The molecule has 8 heteroatoms. The van der Waals surface area contributed by atoms with Gasteiger partial charge in [0.25, 0.3) is 17.4 Å². The Morgan fingerprint density at radius 2 is 1.82 bits per heavy atom. The van der Waals surface area contributed by atoms with Crippen molar-refractivity contribution in [2.45, 2.75) is 6.92 Å². The Labute approximate surface area is 162 Å². The lowest BCUT2D eigenvalue weighted by Crippen LogP contribution is -2.41. The van der Waals surface area contributed by atoms with Crippen LogP contribution in [0.2, 0.25) is 0 Å². The van der Waals surface area contributed by atoms with Crippen LogP contribution in [-0.4, -0.2) is 54.2 Å². The van der Waals surface area contributed by atoms with Crippen molar-refractivity contribution in [2.24, 2.45) is 7.05 Å². The number of aryl methyl sites for hydroxylation is 1. The molecule has 3 rings (SSSR count). The predicted octanol–water partition coefficient (Wildman–Crippen LogP) is 1.51. The third-order valence-corrected chi connectivity index (χ3v) is 4.40. The molecule has 0 aliphatic carbocycles. The molecule has 0 unspecified atom stereocenters. The summed E-state index contributed by atoms with van der Waals surface area (Å²) in [5, 5.41) is 2.61. The zero-order valence-corrected chi connectivity index (χ0v) is 15.9. The predicted molar refractivity (Wildman–Crippen MR) is 104 cm³/mol. The summed E-state index contributed by atoms with van der Waals surface area (Å²) in [4.78, 5) is 39.3. The van der Waals surface area contributed by atoms with E-state index in [1.54, 1.807) is 36.2 Å². The normalized spacial score (nSPS) is 13.9. The average Bonchev–Trinajstić information content (AvgIpc) is 2.72. The molecule has 1 aliphatic rings. The van der Waals surface area contributed by atoms with E-state index in [2.05, 4.69) is 5.32 Å². The SMILES string of the molecule is CCOc1ccc(C(=O)Nc2cc(C(=O)N3CCOCC3)cn(C)c2=O)cc1. The fraction of sp³-hybridized carbons (Fsp3) is 0.350. The van der Waals surface area contributed by atoms with Gasteiger partial charge < -0.3 is 24.3 Å². The van der Waals surface area contributed by atoms with E-state index in [1.165, 1.54) is 16.8 Å². The maximum atomic E-state index is 12.7. The van der Waals surface area contributed by atoms with Gasteiger partial charge in [0, 0.05) is 31.9 Å². The number of morpholine rings is 1. The largest absolute Gasteiger partial charge is 0.494 e. The number of nitrogens with one attached hydrogen (secondary N) is 1. The van der Waals surface area contributed by atoms with Gasteiger partial charge in [-0.15, -0.1) is 0 Å². The van der Waals surface area contributed by atoms with E-state index in [0.717, 1.165) is 0 Å². The minimum atomic E-state index is -0.434. The number of carbonyl (C=O) groups is 2. The lowest BCUT2D eigenvalue weighted by Gasteiger charge is -2.27. The van der Waals surface area contributed by atoms with Gasteiger partial charge >= 0.3 is 0 Å². The third-order valence-electron chi connectivity index (χ3n) is 4.40. The molecule has 1 fully saturated rings.